The Morgan fingerprint density at radius 1 is 0.485 bits per heavy atom. The van der Waals surface area contributed by atoms with E-state index < -0.39 is 11.9 Å². The molecule has 5 nitrogen and oxygen atoms in total. The Balaban J connectivity index is 0.000000281. The lowest BCUT2D eigenvalue weighted by atomic mass is 9.86. The molecule has 0 saturated carbocycles. The molecule has 0 aliphatic rings. The van der Waals surface area contributed by atoms with Crippen LogP contribution in [0, 0.1) is 0 Å². The van der Waals surface area contributed by atoms with Crippen LogP contribution >= 0.6 is 0 Å². The van der Waals surface area contributed by atoms with Crippen LogP contribution in [0.1, 0.15) is 20.7 Å². The highest BCUT2D eigenvalue weighted by Crippen LogP contribution is 2.42. The van der Waals surface area contributed by atoms with Gasteiger partial charge in [-0.25, -0.2) is 9.59 Å². The maximum Gasteiger partial charge on any atom is 0.336 e. The van der Waals surface area contributed by atoms with Gasteiger partial charge in [0.25, 0.3) is 0 Å². The first-order valence-corrected chi connectivity index (χ1v) is 10.3. The van der Waals surface area contributed by atoms with Crippen molar-refractivity contribution in [1.82, 2.24) is 0 Å². The van der Waals surface area contributed by atoms with Crippen molar-refractivity contribution in [3.63, 3.8) is 0 Å². The molecule has 160 valence electrons. The van der Waals surface area contributed by atoms with Crippen LogP contribution in [0.3, 0.4) is 0 Å². The van der Waals surface area contributed by atoms with Crippen LogP contribution in [-0.2, 0) is 0 Å². The molecule has 0 bridgehead atoms. The summed E-state index contributed by atoms with van der Waals surface area (Å²) in [4.78, 5) is 23.5. The molecule has 0 saturated heterocycles. The summed E-state index contributed by atoms with van der Waals surface area (Å²) in [5, 5.41) is 34.8. The predicted molar refractivity (Wildman–Crippen MR) is 130 cm³/mol. The summed E-state index contributed by atoms with van der Waals surface area (Å²) in [5.74, 6) is -1.94. The second-order valence-corrected chi connectivity index (χ2v) is 7.73. The molecule has 0 aliphatic carbocycles. The molecule has 0 fully saturated rings. The summed E-state index contributed by atoms with van der Waals surface area (Å²) in [6.07, 6.45) is 0. The van der Waals surface area contributed by atoms with Crippen molar-refractivity contribution in [3.05, 3.63) is 102 Å². The van der Waals surface area contributed by atoms with Gasteiger partial charge >= 0.3 is 11.9 Å². The van der Waals surface area contributed by atoms with E-state index in [0.29, 0.717) is 11.1 Å². The maximum absolute atomic E-state index is 11.8. The van der Waals surface area contributed by atoms with E-state index in [1.807, 2.05) is 42.5 Å². The zero-order chi connectivity index (χ0) is 23.1. The highest BCUT2D eigenvalue weighted by molar-refractivity contribution is 6.35. The smallest absolute Gasteiger partial charge is 0.336 e. The normalized spacial score (nSPS) is 11.0. The van der Waals surface area contributed by atoms with Crippen LogP contribution in [0.4, 0.5) is 0 Å². The molecule has 0 spiro atoms. The zero-order valence-electron chi connectivity index (χ0n) is 17.3. The minimum absolute atomic E-state index is 0.00885. The van der Waals surface area contributed by atoms with E-state index in [1.54, 1.807) is 36.4 Å². The van der Waals surface area contributed by atoms with Crippen molar-refractivity contribution in [2.45, 2.75) is 0 Å². The highest BCUT2D eigenvalue weighted by Gasteiger charge is 2.21. The average molecular weight is 434 g/mol. The number of aromatic hydroxyl groups is 1. The minimum Gasteiger partial charge on any atom is -0.508 e. The van der Waals surface area contributed by atoms with Gasteiger partial charge in [0.2, 0.25) is 0 Å². The van der Waals surface area contributed by atoms with E-state index >= 15 is 0 Å². The Morgan fingerprint density at radius 2 is 0.970 bits per heavy atom. The fourth-order valence-corrected chi connectivity index (χ4v) is 4.52. The number of para-hydroxylation sites is 1. The number of rotatable bonds is 2. The van der Waals surface area contributed by atoms with Gasteiger partial charge < -0.3 is 15.3 Å². The van der Waals surface area contributed by atoms with Gasteiger partial charge in [-0.05, 0) is 62.0 Å². The Hall–Kier alpha value is -4.64. The Labute approximate surface area is 188 Å². The van der Waals surface area contributed by atoms with E-state index in [-0.39, 0.29) is 16.5 Å². The lowest BCUT2D eigenvalue weighted by molar-refractivity contribution is 0.0695. The number of phenolic OH excluding ortho intramolecular Hbond substituents is 1. The standard InChI is InChI=1S/C22H12O4.C6H6O/c23-21(24)16-9-7-14-12-5-1-3-11-4-2-6-13(18(11)12)15-8-10-17(22(25)26)20(16)19(14)15;7-6-4-2-1-3-5-6/h1-10H,(H,23,24)(H,25,26);1-5,7H. The van der Waals surface area contributed by atoms with Crippen LogP contribution in [0.2, 0.25) is 0 Å². The minimum atomic E-state index is -1.13. The third kappa shape index (κ3) is 3.27. The first kappa shape index (κ1) is 20.3. The number of phenols is 1. The van der Waals surface area contributed by atoms with Crippen LogP contribution in [0.15, 0.2) is 91.0 Å². The van der Waals surface area contributed by atoms with Crippen molar-refractivity contribution >= 4 is 55.0 Å². The van der Waals surface area contributed by atoms with E-state index in [0.717, 1.165) is 32.3 Å². The molecule has 0 atom stereocenters. The number of fused-ring (bicyclic) bond motifs is 2. The van der Waals surface area contributed by atoms with Crippen molar-refractivity contribution in [2.24, 2.45) is 0 Å². The van der Waals surface area contributed by atoms with Crippen LogP contribution in [-0.4, -0.2) is 27.3 Å². The summed E-state index contributed by atoms with van der Waals surface area (Å²) >= 11 is 0. The van der Waals surface area contributed by atoms with Gasteiger partial charge in [0, 0.05) is 5.39 Å². The average Bonchev–Trinajstić information content (AvgIpc) is 2.82. The number of carboxylic acids is 2. The number of carboxylic acid groups (broad SMARTS) is 2. The van der Waals surface area contributed by atoms with Crippen LogP contribution < -0.4 is 0 Å². The molecule has 0 amide bonds. The zero-order valence-corrected chi connectivity index (χ0v) is 17.3. The lowest BCUT2D eigenvalue weighted by Gasteiger charge is -2.16. The molecule has 0 aromatic heterocycles. The van der Waals surface area contributed by atoms with Crippen LogP contribution in [0.5, 0.6) is 5.75 Å². The molecule has 33 heavy (non-hydrogen) atoms. The topological polar surface area (TPSA) is 94.8 Å². The lowest BCUT2D eigenvalue weighted by Crippen LogP contribution is -2.05. The van der Waals surface area contributed by atoms with Gasteiger partial charge in [-0.15, -0.1) is 0 Å². The molecule has 6 rings (SSSR count). The summed E-state index contributed by atoms with van der Waals surface area (Å²) in [5.41, 5.74) is 0.0177. The van der Waals surface area contributed by atoms with Crippen molar-refractivity contribution in [3.8, 4) is 5.75 Å². The number of carbonyl (C=O) groups is 2. The maximum atomic E-state index is 11.8. The second-order valence-electron chi connectivity index (χ2n) is 7.73. The van der Waals surface area contributed by atoms with Gasteiger partial charge in [-0.3, -0.25) is 0 Å². The van der Waals surface area contributed by atoms with Gasteiger partial charge in [0.1, 0.15) is 5.75 Å². The quantitative estimate of drug-likeness (QED) is 0.213. The number of hydrogen-bond acceptors (Lipinski definition) is 3. The Kier molecular flexibility index (Phi) is 4.79. The third-order valence-corrected chi connectivity index (χ3v) is 5.86. The third-order valence-electron chi connectivity index (χ3n) is 5.86. The monoisotopic (exact) mass is 434 g/mol. The summed E-state index contributed by atoms with van der Waals surface area (Å²) in [6, 6.07) is 27.3. The van der Waals surface area contributed by atoms with Crippen molar-refractivity contribution in [1.29, 1.82) is 0 Å². The van der Waals surface area contributed by atoms with Gasteiger partial charge in [0.15, 0.2) is 0 Å². The van der Waals surface area contributed by atoms with Gasteiger partial charge in [-0.2, -0.15) is 0 Å². The first-order valence-electron chi connectivity index (χ1n) is 10.3. The summed E-state index contributed by atoms with van der Waals surface area (Å²) < 4.78 is 0. The van der Waals surface area contributed by atoms with E-state index in [1.165, 1.54) is 12.1 Å². The molecule has 0 radical (unpaired) electrons. The molecule has 0 heterocycles. The second kappa shape index (κ2) is 7.80. The highest BCUT2D eigenvalue weighted by atomic mass is 16.4. The largest absolute Gasteiger partial charge is 0.508 e. The number of benzene rings is 6. The Morgan fingerprint density at radius 3 is 1.39 bits per heavy atom. The summed E-state index contributed by atoms with van der Waals surface area (Å²) in [6.45, 7) is 0. The summed E-state index contributed by atoms with van der Waals surface area (Å²) in [7, 11) is 0. The molecule has 6 aromatic carbocycles. The number of aromatic carboxylic acids is 2. The van der Waals surface area contributed by atoms with E-state index in [2.05, 4.69) is 0 Å². The van der Waals surface area contributed by atoms with Crippen LogP contribution in [0.25, 0.3) is 43.1 Å². The van der Waals surface area contributed by atoms with Gasteiger partial charge in [0.05, 0.1) is 11.1 Å². The molecular weight excluding hydrogens is 416 g/mol. The molecule has 0 aliphatic heterocycles. The molecular formula is C28H18O5. The molecule has 5 heteroatoms. The predicted octanol–water partition coefficient (Wildman–Crippen LogP) is 6.53. The first-order chi connectivity index (χ1) is 16.0. The molecule has 3 N–H and O–H groups in total. The Bertz CT molecular complexity index is 1570. The molecule has 0 unspecified atom stereocenters. The van der Waals surface area contributed by atoms with Crippen molar-refractivity contribution in [2.75, 3.05) is 0 Å². The van der Waals surface area contributed by atoms with Crippen molar-refractivity contribution < 1.29 is 24.9 Å². The van der Waals surface area contributed by atoms with E-state index in [9.17, 15) is 19.8 Å². The SMILES string of the molecule is O=C(O)c1ccc2c3cccc4cccc(c5ccc(C(=O)O)c1c25)c43.Oc1ccccc1. The fraction of sp³-hybridized carbons (Fsp3) is 0. The van der Waals surface area contributed by atoms with E-state index in [4.69, 9.17) is 5.11 Å². The number of hydrogen-bond donors (Lipinski definition) is 3. The fourth-order valence-electron chi connectivity index (χ4n) is 4.52. The molecule has 6 aromatic rings. The van der Waals surface area contributed by atoms with Gasteiger partial charge in [-0.1, -0.05) is 66.7 Å².